The monoisotopic (exact) mass is 361 g/mol. The highest BCUT2D eigenvalue weighted by molar-refractivity contribution is 5.79. The molecule has 1 fully saturated rings. The normalized spacial score (nSPS) is 14.8. The molecule has 26 heavy (non-hydrogen) atoms. The van der Waals surface area contributed by atoms with E-state index in [1.54, 1.807) is 0 Å². The van der Waals surface area contributed by atoms with Crippen LogP contribution in [0.5, 0.6) is 5.75 Å². The molecular weight excluding hydrogens is 330 g/mol. The molecule has 0 aliphatic carbocycles. The van der Waals surface area contributed by atoms with Gasteiger partial charge < -0.3 is 19.9 Å². The molecule has 0 atom stereocenters. The third-order valence-electron chi connectivity index (χ3n) is 4.76. The van der Waals surface area contributed by atoms with E-state index in [9.17, 15) is 9.59 Å². The zero-order valence-corrected chi connectivity index (χ0v) is 16.2. The molecule has 0 bridgehead atoms. The van der Waals surface area contributed by atoms with Crippen LogP contribution in [0.2, 0.25) is 0 Å². The van der Waals surface area contributed by atoms with Crippen LogP contribution >= 0.6 is 0 Å². The number of hydrogen-bond acceptors (Lipinski definition) is 3. The summed E-state index contributed by atoms with van der Waals surface area (Å²) >= 11 is 0. The zero-order chi connectivity index (χ0) is 18.9. The molecule has 3 amide bonds. The lowest BCUT2D eigenvalue weighted by molar-refractivity contribution is -0.121. The Morgan fingerprint density at radius 1 is 1.12 bits per heavy atom. The Bertz CT molecular complexity index is 576. The maximum Gasteiger partial charge on any atom is 0.319 e. The summed E-state index contributed by atoms with van der Waals surface area (Å²) in [6.07, 6.45) is 1.98. The lowest BCUT2D eigenvalue weighted by Gasteiger charge is -2.35. The van der Waals surface area contributed by atoms with Crippen molar-refractivity contribution in [3.05, 3.63) is 29.8 Å². The summed E-state index contributed by atoms with van der Waals surface area (Å²) in [4.78, 5) is 28.4. The number of likely N-dealkylation sites (tertiary alicyclic amines) is 1. The fourth-order valence-electron chi connectivity index (χ4n) is 3.24. The number of nitrogens with zero attached hydrogens (tertiary/aromatic N) is 2. The molecule has 1 aromatic carbocycles. The topological polar surface area (TPSA) is 61.9 Å². The van der Waals surface area contributed by atoms with Crippen molar-refractivity contribution in [3.8, 4) is 5.75 Å². The van der Waals surface area contributed by atoms with E-state index in [-0.39, 0.29) is 18.0 Å². The summed E-state index contributed by atoms with van der Waals surface area (Å²) < 4.78 is 5.41. The quantitative estimate of drug-likeness (QED) is 0.812. The van der Waals surface area contributed by atoms with Gasteiger partial charge in [0.25, 0.3) is 0 Å². The minimum Gasteiger partial charge on any atom is -0.494 e. The Balaban J connectivity index is 1.76. The average molecular weight is 361 g/mol. The van der Waals surface area contributed by atoms with Gasteiger partial charge in [-0.25, -0.2) is 4.79 Å². The van der Waals surface area contributed by atoms with Crippen LogP contribution in [0.25, 0.3) is 0 Å². The van der Waals surface area contributed by atoms with Gasteiger partial charge in [0.15, 0.2) is 0 Å². The minimum absolute atomic E-state index is 0.0303. The summed E-state index contributed by atoms with van der Waals surface area (Å²) in [5.74, 6) is 0.851. The highest BCUT2D eigenvalue weighted by Gasteiger charge is 2.25. The van der Waals surface area contributed by atoms with Crippen LogP contribution in [-0.4, -0.2) is 60.6 Å². The standard InChI is InChI=1S/C20H31N3O3/c1-4-22(5-2)20(25)23-13-11-17(12-14-23)21-19(24)15-16-7-9-18(10-8-16)26-6-3/h7-10,17H,4-6,11-15H2,1-3H3,(H,21,24). The van der Waals surface area contributed by atoms with Crippen molar-refractivity contribution in [1.82, 2.24) is 15.1 Å². The lowest BCUT2D eigenvalue weighted by atomic mass is 10.0. The Morgan fingerprint density at radius 3 is 2.27 bits per heavy atom. The molecule has 0 radical (unpaired) electrons. The fourth-order valence-corrected chi connectivity index (χ4v) is 3.24. The lowest BCUT2D eigenvalue weighted by Crippen LogP contribution is -2.50. The van der Waals surface area contributed by atoms with Crippen molar-refractivity contribution in [1.29, 1.82) is 0 Å². The van der Waals surface area contributed by atoms with Gasteiger partial charge in [-0.15, -0.1) is 0 Å². The Morgan fingerprint density at radius 2 is 1.73 bits per heavy atom. The molecule has 0 unspecified atom stereocenters. The Labute approximate surface area is 156 Å². The largest absolute Gasteiger partial charge is 0.494 e. The van der Waals surface area contributed by atoms with Crippen molar-refractivity contribution in [2.24, 2.45) is 0 Å². The van der Waals surface area contributed by atoms with E-state index >= 15 is 0 Å². The molecule has 0 spiro atoms. The molecule has 1 aromatic rings. The average Bonchev–Trinajstić information content (AvgIpc) is 2.65. The number of rotatable bonds is 7. The highest BCUT2D eigenvalue weighted by Crippen LogP contribution is 2.15. The van der Waals surface area contributed by atoms with Gasteiger partial charge in [0.2, 0.25) is 5.91 Å². The van der Waals surface area contributed by atoms with Gasteiger partial charge in [0.05, 0.1) is 13.0 Å². The minimum atomic E-state index is 0.0303. The second-order valence-corrected chi connectivity index (χ2v) is 6.54. The van der Waals surface area contributed by atoms with E-state index in [1.807, 2.05) is 54.8 Å². The number of benzene rings is 1. The molecule has 0 saturated carbocycles. The maximum atomic E-state index is 12.4. The van der Waals surface area contributed by atoms with E-state index in [0.29, 0.717) is 26.1 Å². The van der Waals surface area contributed by atoms with E-state index in [0.717, 1.165) is 37.2 Å². The number of urea groups is 1. The molecular formula is C20H31N3O3. The molecule has 144 valence electrons. The van der Waals surface area contributed by atoms with E-state index in [4.69, 9.17) is 4.74 Å². The molecule has 6 nitrogen and oxygen atoms in total. The predicted molar refractivity (Wildman–Crippen MR) is 102 cm³/mol. The first-order valence-corrected chi connectivity index (χ1v) is 9.62. The number of ether oxygens (including phenoxy) is 1. The first-order valence-electron chi connectivity index (χ1n) is 9.62. The van der Waals surface area contributed by atoms with Crippen molar-refractivity contribution < 1.29 is 14.3 Å². The molecule has 6 heteroatoms. The van der Waals surface area contributed by atoms with Crippen molar-refractivity contribution in [3.63, 3.8) is 0 Å². The van der Waals surface area contributed by atoms with E-state index in [1.165, 1.54) is 0 Å². The molecule has 1 saturated heterocycles. The van der Waals surface area contributed by atoms with Gasteiger partial charge in [-0.3, -0.25) is 4.79 Å². The third kappa shape index (κ3) is 5.64. The van der Waals surface area contributed by atoms with Gasteiger partial charge in [0.1, 0.15) is 5.75 Å². The number of hydrogen-bond donors (Lipinski definition) is 1. The molecule has 1 heterocycles. The van der Waals surface area contributed by atoms with Gasteiger partial charge in [0, 0.05) is 32.2 Å². The van der Waals surface area contributed by atoms with Crippen LogP contribution in [0, 0.1) is 0 Å². The van der Waals surface area contributed by atoms with Crippen LogP contribution in [0.15, 0.2) is 24.3 Å². The number of nitrogens with one attached hydrogen (secondary N) is 1. The summed E-state index contributed by atoms with van der Waals surface area (Å²) in [6.45, 7) is 9.43. The number of piperidine rings is 1. The first-order chi connectivity index (χ1) is 12.6. The Kier molecular flexibility index (Phi) is 7.75. The smallest absolute Gasteiger partial charge is 0.319 e. The number of carbonyl (C=O) groups is 2. The predicted octanol–water partition coefficient (Wildman–Crippen LogP) is 2.67. The SMILES string of the molecule is CCOc1ccc(CC(=O)NC2CCN(C(=O)N(CC)CC)CC2)cc1. The number of carbonyl (C=O) groups excluding carboxylic acids is 2. The summed E-state index contributed by atoms with van der Waals surface area (Å²) in [7, 11) is 0. The molecule has 1 aliphatic heterocycles. The van der Waals surface area contributed by atoms with Crippen LogP contribution in [0.1, 0.15) is 39.2 Å². The second kappa shape index (κ2) is 10.0. The summed E-state index contributed by atoms with van der Waals surface area (Å²) in [6, 6.07) is 7.89. The van der Waals surface area contributed by atoms with Gasteiger partial charge in [-0.1, -0.05) is 12.1 Å². The summed E-state index contributed by atoms with van der Waals surface area (Å²) in [5.41, 5.74) is 0.972. The first kappa shape index (κ1) is 20.1. The van der Waals surface area contributed by atoms with Crippen LogP contribution in [0.3, 0.4) is 0 Å². The summed E-state index contributed by atoms with van der Waals surface area (Å²) in [5, 5.41) is 3.10. The third-order valence-corrected chi connectivity index (χ3v) is 4.76. The van der Waals surface area contributed by atoms with Crippen molar-refractivity contribution in [2.45, 2.75) is 46.1 Å². The fraction of sp³-hybridized carbons (Fsp3) is 0.600. The van der Waals surface area contributed by atoms with Gasteiger partial charge >= 0.3 is 6.03 Å². The molecule has 1 N–H and O–H groups in total. The number of amides is 3. The van der Waals surface area contributed by atoms with E-state index < -0.39 is 0 Å². The Hall–Kier alpha value is -2.24. The highest BCUT2D eigenvalue weighted by atomic mass is 16.5. The van der Waals surface area contributed by atoms with Crippen LogP contribution in [-0.2, 0) is 11.2 Å². The maximum absolute atomic E-state index is 12.4. The van der Waals surface area contributed by atoms with E-state index in [2.05, 4.69) is 5.32 Å². The zero-order valence-electron chi connectivity index (χ0n) is 16.2. The van der Waals surface area contributed by atoms with Gasteiger partial charge in [-0.05, 0) is 51.3 Å². The van der Waals surface area contributed by atoms with Crippen molar-refractivity contribution in [2.75, 3.05) is 32.8 Å². The molecule has 1 aliphatic rings. The van der Waals surface area contributed by atoms with Gasteiger partial charge in [-0.2, -0.15) is 0 Å². The van der Waals surface area contributed by atoms with Crippen LogP contribution in [0.4, 0.5) is 4.79 Å². The van der Waals surface area contributed by atoms with Crippen molar-refractivity contribution >= 4 is 11.9 Å². The second-order valence-electron chi connectivity index (χ2n) is 6.54. The molecule has 2 rings (SSSR count). The van der Waals surface area contributed by atoms with Crippen LogP contribution < -0.4 is 10.1 Å². The molecule has 0 aromatic heterocycles.